The molecule has 1 N–H and O–H groups in total. The molecule has 2 aliphatic rings. The Kier molecular flexibility index (Phi) is 4.65. The van der Waals surface area contributed by atoms with E-state index in [2.05, 4.69) is 10.6 Å². The summed E-state index contributed by atoms with van der Waals surface area (Å²) in [6, 6.07) is 8.04. The van der Waals surface area contributed by atoms with Gasteiger partial charge in [0.1, 0.15) is 5.75 Å². The fourth-order valence-electron chi connectivity index (χ4n) is 4.74. The number of likely N-dealkylation sites (tertiary alicyclic amines) is 1. The molecule has 0 radical (unpaired) electrons. The number of aromatic nitrogens is 1. The van der Waals surface area contributed by atoms with Gasteiger partial charge in [0.2, 0.25) is 5.91 Å². The molecule has 1 aromatic carbocycles. The summed E-state index contributed by atoms with van der Waals surface area (Å²) in [7, 11) is 1.68. The normalized spacial score (nSPS) is 25.9. The molecule has 1 aromatic heterocycles. The van der Waals surface area contributed by atoms with Crippen LogP contribution in [0.15, 0.2) is 30.5 Å². The first-order valence-electron chi connectivity index (χ1n) is 9.73. The lowest BCUT2D eigenvalue weighted by molar-refractivity contribution is -0.143. The summed E-state index contributed by atoms with van der Waals surface area (Å²) < 4.78 is 7.53. The Morgan fingerprint density at radius 1 is 1.31 bits per heavy atom. The number of carbonyl (C=O) groups excluding carboxylic acids is 1. The number of hydrogen-bond donors (Lipinski definition) is 1. The second-order valence-corrected chi connectivity index (χ2v) is 7.79. The maximum absolute atomic E-state index is 12.7. The highest BCUT2D eigenvalue weighted by Crippen LogP contribution is 2.39. The summed E-state index contributed by atoms with van der Waals surface area (Å²) >= 11 is 0. The highest BCUT2D eigenvalue weighted by atomic mass is 16.5. The zero-order chi connectivity index (χ0) is 18.1. The number of rotatable bonds is 4. The van der Waals surface area contributed by atoms with Crippen molar-refractivity contribution < 1.29 is 14.6 Å². The van der Waals surface area contributed by atoms with Gasteiger partial charge < -0.3 is 19.3 Å². The average molecular weight is 356 g/mol. The number of ether oxygens (including phenoxy) is 1. The number of amides is 1. The van der Waals surface area contributed by atoms with Gasteiger partial charge in [-0.2, -0.15) is 0 Å². The van der Waals surface area contributed by atoms with E-state index in [0.29, 0.717) is 19.5 Å². The van der Waals surface area contributed by atoms with E-state index in [4.69, 9.17) is 4.74 Å². The molecular formula is C21H28N2O3. The zero-order valence-electron chi connectivity index (χ0n) is 15.5. The van der Waals surface area contributed by atoms with Crippen LogP contribution in [0.25, 0.3) is 10.9 Å². The predicted octanol–water partition coefficient (Wildman–Crippen LogP) is 3.19. The molecule has 0 unspecified atom stereocenters. The van der Waals surface area contributed by atoms with E-state index in [1.54, 1.807) is 7.11 Å². The largest absolute Gasteiger partial charge is 0.496 e. The van der Waals surface area contributed by atoms with Gasteiger partial charge in [-0.05, 0) is 37.5 Å². The summed E-state index contributed by atoms with van der Waals surface area (Å²) in [4.78, 5) is 14.7. The van der Waals surface area contributed by atoms with Crippen molar-refractivity contribution in [2.24, 2.45) is 5.92 Å². The van der Waals surface area contributed by atoms with E-state index >= 15 is 0 Å². The molecule has 2 heterocycles. The molecule has 0 spiro atoms. The van der Waals surface area contributed by atoms with Gasteiger partial charge in [0.25, 0.3) is 0 Å². The van der Waals surface area contributed by atoms with Crippen LogP contribution in [0.5, 0.6) is 5.75 Å². The Balaban J connectivity index is 1.40. The van der Waals surface area contributed by atoms with E-state index in [9.17, 15) is 9.90 Å². The topological polar surface area (TPSA) is 54.7 Å². The number of aryl methyl sites for hydroxylation is 1. The number of carbonyl (C=O) groups is 1. The van der Waals surface area contributed by atoms with Crippen LogP contribution < -0.4 is 4.74 Å². The van der Waals surface area contributed by atoms with Crippen molar-refractivity contribution in [1.82, 2.24) is 9.47 Å². The summed E-state index contributed by atoms with van der Waals surface area (Å²) in [5, 5.41) is 11.9. The SMILES string of the molecule is COc1cccc2c1ccn2CCC(=O)N1CC[C@]2(O)CCCC[C@H]2C1. The van der Waals surface area contributed by atoms with E-state index in [-0.39, 0.29) is 11.8 Å². The molecule has 2 aromatic rings. The predicted molar refractivity (Wildman–Crippen MR) is 101 cm³/mol. The highest BCUT2D eigenvalue weighted by Gasteiger charge is 2.43. The third kappa shape index (κ3) is 3.09. The Morgan fingerprint density at radius 2 is 2.19 bits per heavy atom. The molecule has 5 heteroatoms. The lowest BCUT2D eigenvalue weighted by Crippen LogP contribution is -2.54. The van der Waals surface area contributed by atoms with Crippen LogP contribution in [-0.4, -0.2) is 46.3 Å². The van der Waals surface area contributed by atoms with E-state index in [1.165, 1.54) is 6.42 Å². The first-order valence-corrected chi connectivity index (χ1v) is 9.73. The molecule has 2 fully saturated rings. The van der Waals surface area contributed by atoms with Crippen molar-refractivity contribution in [2.45, 2.75) is 50.7 Å². The van der Waals surface area contributed by atoms with Crippen molar-refractivity contribution in [2.75, 3.05) is 20.2 Å². The molecule has 1 aliphatic heterocycles. The second kappa shape index (κ2) is 6.95. The van der Waals surface area contributed by atoms with Gasteiger partial charge in [-0.3, -0.25) is 4.79 Å². The van der Waals surface area contributed by atoms with Crippen LogP contribution in [0.4, 0.5) is 0 Å². The van der Waals surface area contributed by atoms with Crippen molar-refractivity contribution in [3.8, 4) is 5.75 Å². The van der Waals surface area contributed by atoms with Gasteiger partial charge in [0.05, 0.1) is 18.2 Å². The van der Waals surface area contributed by atoms with Crippen molar-refractivity contribution in [3.05, 3.63) is 30.5 Å². The maximum atomic E-state index is 12.7. The second-order valence-electron chi connectivity index (χ2n) is 7.79. The van der Waals surface area contributed by atoms with E-state index in [0.717, 1.165) is 48.9 Å². The first-order chi connectivity index (χ1) is 12.6. The molecule has 140 valence electrons. The Hall–Kier alpha value is -2.01. The molecule has 1 aliphatic carbocycles. The summed E-state index contributed by atoms with van der Waals surface area (Å²) in [6.45, 7) is 2.07. The molecule has 1 saturated carbocycles. The average Bonchev–Trinajstić information content (AvgIpc) is 3.08. The minimum atomic E-state index is -0.526. The smallest absolute Gasteiger partial charge is 0.224 e. The van der Waals surface area contributed by atoms with E-state index in [1.807, 2.05) is 29.3 Å². The quantitative estimate of drug-likeness (QED) is 0.915. The van der Waals surface area contributed by atoms with Crippen LogP contribution in [0, 0.1) is 5.92 Å². The molecule has 26 heavy (non-hydrogen) atoms. The lowest BCUT2D eigenvalue weighted by Gasteiger charge is -2.47. The first kappa shape index (κ1) is 17.4. The van der Waals surface area contributed by atoms with Crippen LogP contribution in [0.2, 0.25) is 0 Å². The van der Waals surface area contributed by atoms with Crippen LogP contribution >= 0.6 is 0 Å². The zero-order valence-corrected chi connectivity index (χ0v) is 15.5. The molecule has 0 bridgehead atoms. The molecule has 1 amide bonds. The molecule has 4 rings (SSSR count). The summed E-state index contributed by atoms with van der Waals surface area (Å²) in [6.07, 6.45) is 7.48. The standard InChI is InChI=1S/C21H28N2O3/c1-26-19-7-4-6-18-17(19)8-12-22(18)13-9-20(24)23-14-11-21(25)10-3-2-5-16(21)15-23/h4,6-8,12,16,25H,2-3,5,9-11,13-15H2,1H3/t16-,21+/m0/s1. The van der Waals surface area contributed by atoms with Crippen LogP contribution in [-0.2, 0) is 11.3 Å². The number of piperidine rings is 1. The number of methoxy groups -OCH3 is 1. The van der Waals surface area contributed by atoms with Crippen molar-refractivity contribution in [3.63, 3.8) is 0 Å². The van der Waals surface area contributed by atoms with Gasteiger partial charge in [-0.1, -0.05) is 18.9 Å². The number of hydrogen-bond acceptors (Lipinski definition) is 3. The number of benzene rings is 1. The number of aliphatic hydroxyl groups is 1. The molecule has 1 saturated heterocycles. The Labute approximate surface area is 154 Å². The molecule has 5 nitrogen and oxygen atoms in total. The number of nitrogens with zero attached hydrogens (tertiary/aromatic N) is 2. The number of fused-ring (bicyclic) bond motifs is 2. The lowest BCUT2D eigenvalue weighted by atomic mass is 9.71. The highest BCUT2D eigenvalue weighted by molar-refractivity contribution is 5.86. The summed E-state index contributed by atoms with van der Waals surface area (Å²) in [5.74, 6) is 1.31. The van der Waals surface area contributed by atoms with E-state index < -0.39 is 5.60 Å². The molecule has 2 atom stereocenters. The Morgan fingerprint density at radius 3 is 3.04 bits per heavy atom. The van der Waals surface area contributed by atoms with Gasteiger partial charge in [-0.25, -0.2) is 0 Å². The van der Waals surface area contributed by atoms with Crippen molar-refractivity contribution >= 4 is 16.8 Å². The van der Waals surface area contributed by atoms with Gasteiger partial charge in [0.15, 0.2) is 0 Å². The van der Waals surface area contributed by atoms with Crippen LogP contribution in [0.3, 0.4) is 0 Å². The fraction of sp³-hybridized carbons (Fsp3) is 0.571. The van der Waals surface area contributed by atoms with Gasteiger partial charge >= 0.3 is 0 Å². The fourth-order valence-corrected chi connectivity index (χ4v) is 4.74. The minimum absolute atomic E-state index is 0.197. The maximum Gasteiger partial charge on any atom is 0.224 e. The summed E-state index contributed by atoms with van der Waals surface area (Å²) in [5.41, 5.74) is 0.569. The monoisotopic (exact) mass is 356 g/mol. The Bertz CT molecular complexity index is 800. The van der Waals surface area contributed by atoms with Crippen molar-refractivity contribution in [1.29, 1.82) is 0 Å². The molecular weight excluding hydrogens is 328 g/mol. The third-order valence-corrected chi connectivity index (χ3v) is 6.34. The van der Waals surface area contributed by atoms with Crippen LogP contribution in [0.1, 0.15) is 38.5 Å². The van der Waals surface area contributed by atoms with Gasteiger partial charge in [-0.15, -0.1) is 0 Å². The van der Waals surface area contributed by atoms with Gasteiger partial charge in [0, 0.05) is 43.6 Å². The minimum Gasteiger partial charge on any atom is -0.496 e. The third-order valence-electron chi connectivity index (χ3n) is 6.34.